The van der Waals surface area contributed by atoms with E-state index in [0.717, 1.165) is 87.0 Å². The summed E-state index contributed by atoms with van der Waals surface area (Å²) in [6.45, 7) is -0.382. The van der Waals surface area contributed by atoms with Crippen molar-refractivity contribution >= 4 is 91.0 Å². The van der Waals surface area contributed by atoms with Gasteiger partial charge in [0.25, 0.3) is 0 Å². The largest absolute Gasteiger partial charge is 0.481 e. The summed E-state index contributed by atoms with van der Waals surface area (Å²) in [4.78, 5) is 124. The zero-order valence-electron chi connectivity index (χ0n) is 52.2. The van der Waals surface area contributed by atoms with Gasteiger partial charge in [-0.3, -0.25) is 70.6 Å². The molecule has 37 nitrogen and oxygen atoms in total. The molecule has 0 heterocycles. The van der Waals surface area contributed by atoms with Crippen LogP contribution in [0.2, 0.25) is 0 Å². The average Bonchev–Trinajstić information content (AvgIpc) is 0.754. The molecule has 0 radical (unpaired) electrons. The molecule has 0 spiro atoms. The van der Waals surface area contributed by atoms with Crippen LogP contribution in [-0.2, 0) is 168 Å². The predicted octanol–water partition coefficient (Wildman–Crippen LogP) is 7.00. The topological polar surface area (TPSA) is 462 Å². The van der Waals surface area contributed by atoms with E-state index in [0.29, 0.717) is 25.7 Å². The van der Waals surface area contributed by atoms with Crippen LogP contribution in [0, 0.1) is 0 Å². The number of aliphatic hydroxyl groups excluding tert-OH is 1. The van der Waals surface area contributed by atoms with E-state index in [2.05, 4.69) is 0 Å². The van der Waals surface area contributed by atoms with Crippen LogP contribution < -0.4 is 0 Å². The first kappa shape index (κ1) is 84.1. The lowest BCUT2D eigenvalue weighted by Crippen LogP contribution is -2.66. The Kier molecular flexibility index (Phi) is 42.0. The summed E-state index contributed by atoms with van der Waals surface area (Å²) in [5, 5.41) is 12.8. The summed E-state index contributed by atoms with van der Waals surface area (Å²) >= 11 is 0. The number of phosphoric acid groups is 4. The smallest absolute Gasteiger partial charge is 0.462 e. The summed E-state index contributed by atoms with van der Waals surface area (Å²) in [5.41, 5.74) is 0. The lowest BCUT2D eigenvalue weighted by Gasteiger charge is -2.48. The quantitative estimate of drug-likeness (QED) is 0.0210. The highest BCUT2D eigenvalue weighted by Crippen LogP contribution is 2.61. The van der Waals surface area contributed by atoms with Crippen molar-refractivity contribution < 1.29 is 173 Å². The molecule has 1 saturated carbocycles. The second-order valence-corrected chi connectivity index (χ2v) is 25.3. The van der Waals surface area contributed by atoms with Gasteiger partial charge < -0.3 is 52.5 Å². The van der Waals surface area contributed by atoms with Crippen molar-refractivity contribution in [3.05, 3.63) is 0 Å². The van der Waals surface area contributed by atoms with Gasteiger partial charge in [0, 0.05) is 67.7 Å². The van der Waals surface area contributed by atoms with E-state index in [9.17, 15) is 62.2 Å². The van der Waals surface area contributed by atoms with E-state index in [1.165, 1.54) is 6.92 Å². The van der Waals surface area contributed by atoms with Gasteiger partial charge >= 0.3 is 91.0 Å². The Morgan fingerprint density at radius 3 is 0.956 bits per heavy atom. The SMILES string of the molecule is CCCCCCCC(=O)OCC(COP(=O)(OCOC(C)=O)O[C@@H]1[C@H](O)[C@H](OP(=O)(OCOC(C)=O)OCOC(C)=O)[C@@H](OP(=O)(OCOC(C)=O)OCOC(C)=O)[C@H](OP(=O)(OCOC(C)=O)OCOC(C)=O)[C@H]1OC(=O)CCC)OC(=O)CCCCCCC. The minimum absolute atomic E-state index is 0.0760. The van der Waals surface area contributed by atoms with Crippen LogP contribution in [0.3, 0.4) is 0 Å². The summed E-state index contributed by atoms with van der Waals surface area (Å²) in [6, 6.07) is 0. The van der Waals surface area contributed by atoms with Gasteiger partial charge in [0.05, 0.1) is 6.61 Å². The fourth-order valence-corrected chi connectivity index (χ4v) is 11.5. The Balaban J connectivity index is 4.72. The Bertz CT molecular complexity index is 2420. The molecule has 1 aliphatic rings. The first-order valence-corrected chi connectivity index (χ1v) is 34.1. The number of unbranched alkanes of at least 4 members (excludes halogenated alkanes) is 8. The number of esters is 10. The number of phosphoric ester groups is 4. The maximum Gasteiger partial charge on any atom is 0.481 e. The highest BCUT2D eigenvalue weighted by molar-refractivity contribution is 7.49. The molecule has 526 valence electrons. The first-order valence-electron chi connectivity index (χ1n) is 28.3. The van der Waals surface area contributed by atoms with Crippen LogP contribution in [0.5, 0.6) is 0 Å². The zero-order valence-corrected chi connectivity index (χ0v) is 55.8. The van der Waals surface area contributed by atoms with Crippen molar-refractivity contribution in [3.8, 4) is 0 Å². The lowest BCUT2D eigenvalue weighted by atomic mass is 9.85. The van der Waals surface area contributed by atoms with E-state index in [-0.39, 0.29) is 19.3 Å². The zero-order chi connectivity index (χ0) is 68.6. The van der Waals surface area contributed by atoms with Crippen molar-refractivity contribution in [1.29, 1.82) is 0 Å². The summed E-state index contributed by atoms with van der Waals surface area (Å²) < 4.78 is 175. The van der Waals surface area contributed by atoms with Crippen molar-refractivity contribution in [2.45, 2.75) is 202 Å². The molecule has 41 heteroatoms. The summed E-state index contributed by atoms with van der Waals surface area (Å²) in [5.74, 6) is -10.8. The molecule has 0 aliphatic heterocycles. The van der Waals surface area contributed by atoms with Gasteiger partial charge in [0.2, 0.25) is 47.6 Å². The maximum absolute atomic E-state index is 15.4. The number of ether oxygens (including phenoxy) is 10. The first-order chi connectivity index (χ1) is 42.8. The van der Waals surface area contributed by atoms with Crippen LogP contribution in [0.25, 0.3) is 0 Å². The number of rotatable bonds is 50. The van der Waals surface area contributed by atoms with Crippen molar-refractivity contribution in [1.82, 2.24) is 0 Å². The number of aliphatic hydroxyl groups is 1. The Labute approximate surface area is 525 Å². The fraction of sp³-hybridized carbons (Fsp3) is 0.800. The lowest BCUT2D eigenvalue weighted by molar-refractivity contribution is -0.229. The molecule has 0 aromatic rings. The van der Waals surface area contributed by atoms with Crippen LogP contribution in [0.15, 0.2) is 0 Å². The van der Waals surface area contributed by atoms with Gasteiger partial charge in [0.1, 0.15) is 37.1 Å². The standard InChI is InChI=1S/C50H84O37P4/c1-11-14-16-18-20-23-42(58)66-25-41(82-44(60)24-21-19-17-15-12-2)26-74-88(62,75-27-67-34(4)51)84-46-45(61)47(85-89(63,76-28-68-35(5)52)77-29-69-36(6)53)49(86-90(64,78-30-70-37(7)54)79-31-71-38(8)55)50(48(46)83-43(59)22-13-3)87-91(65,80-32-72-39(9)56)81-33-73-40(10)57/h41,45-50,61H,11-33H2,1-10H3/t41?,45-,46+,47-,48-,49+,50+,88?/m0/s1. The van der Waals surface area contributed by atoms with Gasteiger partial charge in [-0.25, -0.2) is 49.9 Å². The molecule has 1 N–H and O–H groups in total. The van der Waals surface area contributed by atoms with Crippen molar-refractivity contribution in [2.75, 3.05) is 60.8 Å². The van der Waals surface area contributed by atoms with Crippen molar-refractivity contribution in [2.24, 2.45) is 0 Å². The molecule has 0 bridgehead atoms. The second-order valence-electron chi connectivity index (χ2n) is 18.9. The number of hydrogen-bond donors (Lipinski definition) is 1. The van der Waals surface area contributed by atoms with E-state index in [4.69, 9.17) is 102 Å². The van der Waals surface area contributed by atoms with E-state index >= 15 is 9.13 Å². The van der Waals surface area contributed by atoms with E-state index in [1.54, 1.807) is 0 Å². The molecule has 91 heavy (non-hydrogen) atoms. The minimum Gasteiger partial charge on any atom is -0.462 e. The van der Waals surface area contributed by atoms with Crippen LogP contribution >= 0.6 is 31.3 Å². The van der Waals surface area contributed by atoms with Gasteiger partial charge in [-0.1, -0.05) is 72.1 Å². The predicted molar refractivity (Wildman–Crippen MR) is 298 cm³/mol. The van der Waals surface area contributed by atoms with Crippen LogP contribution in [0.4, 0.5) is 0 Å². The Morgan fingerprint density at radius 2 is 0.626 bits per heavy atom. The fourth-order valence-electron chi connectivity index (χ4n) is 6.92. The monoisotopic (exact) mass is 1400 g/mol. The molecular weight excluding hydrogens is 1320 g/mol. The number of hydrogen-bond acceptors (Lipinski definition) is 37. The Hall–Kier alpha value is -4.90. The van der Waals surface area contributed by atoms with Crippen LogP contribution in [0.1, 0.15) is 159 Å². The molecule has 8 atom stereocenters. The van der Waals surface area contributed by atoms with Gasteiger partial charge in [-0.2, -0.15) is 0 Å². The minimum atomic E-state index is -5.87. The van der Waals surface area contributed by atoms with Gasteiger partial charge in [0.15, 0.2) is 12.2 Å². The highest BCUT2D eigenvalue weighted by atomic mass is 31.2. The molecule has 0 saturated heterocycles. The molecule has 1 rings (SSSR count). The maximum atomic E-state index is 15.4. The molecule has 0 aromatic carbocycles. The van der Waals surface area contributed by atoms with E-state index < -0.39 is 201 Å². The number of carbonyl (C=O) groups is 10. The molecule has 1 fully saturated rings. The molecule has 2 unspecified atom stereocenters. The highest BCUT2D eigenvalue weighted by Gasteiger charge is 2.62. The van der Waals surface area contributed by atoms with Gasteiger partial charge in [-0.05, 0) is 19.3 Å². The molecular formula is C50H84O37P4. The van der Waals surface area contributed by atoms with E-state index in [1.807, 2.05) is 13.8 Å². The molecule has 0 amide bonds. The summed E-state index contributed by atoms with van der Waals surface area (Å²) in [7, 11) is -23.4. The average molecular weight is 1400 g/mol. The summed E-state index contributed by atoms with van der Waals surface area (Å²) in [6.07, 6.45) is -13.0. The van der Waals surface area contributed by atoms with Crippen LogP contribution in [-0.4, -0.2) is 168 Å². The normalized spacial score (nSPS) is 18.5. The molecule has 0 aromatic heterocycles. The molecule has 1 aliphatic carbocycles. The van der Waals surface area contributed by atoms with Crippen molar-refractivity contribution in [3.63, 3.8) is 0 Å². The third-order valence-electron chi connectivity index (χ3n) is 11.1. The second kappa shape index (κ2) is 45.4. The number of carbonyl (C=O) groups excluding carboxylic acids is 10. The Morgan fingerprint density at radius 1 is 0.330 bits per heavy atom. The third-order valence-corrected chi connectivity index (χ3v) is 16.5. The third kappa shape index (κ3) is 38.2. The van der Waals surface area contributed by atoms with Gasteiger partial charge in [-0.15, -0.1) is 0 Å².